The Morgan fingerprint density at radius 2 is 1.90 bits per heavy atom. The molecule has 2 rings (SSSR count). The van der Waals surface area contributed by atoms with Gasteiger partial charge in [0.2, 0.25) is 10.0 Å². The zero-order valence-corrected chi connectivity index (χ0v) is 11.8. The summed E-state index contributed by atoms with van der Waals surface area (Å²) in [6.07, 6.45) is 3.16. The summed E-state index contributed by atoms with van der Waals surface area (Å²) in [5, 5.41) is 15.8. The molecule has 114 valence electrons. The number of hydrogen-bond acceptors (Lipinski definition) is 6. The van der Waals surface area contributed by atoms with Gasteiger partial charge in [0, 0.05) is 12.1 Å². The number of non-ortho nitro benzene ring substituents is 1. The average molecular weight is 314 g/mol. The van der Waals surface area contributed by atoms with Gasteiger partial charge in [-0.1, -0.05) is 0 Å². The third-order valence-corrected chi connectivity index (χ3v) is 4.14. The number of esters is 1. The van der Waals surface area contributed by atoms with Crippen LogP contribution in [0.1, 0.15) is 36.0 Å². The Morgan fingerprint density at radius 3 is 2.43 bits per heavy atom. The molecule has 0 aliphatic heterocycles. The van der Waals surface area contributed by atoms with Crippen LogP contribution < -0.4 is 5.14 Å². The molecule has 8 nitrogen and oxygen atoms in total. The van der Waals surface area contributed by atoms with Crippen LogP contribution in [-0.4, -0.2) is 25.4 Å². The minimum atomic E-state index is -4.15. The van der Waals surface area contributed by atoms with Gasteiger partial charge in [0.05, 0.1) is 15.4 Å². The van der Waals surface area contributed by atoms with Crippen molar-refractivity contribution in [2.45, 2.75) is 36.7 Å². The lowest BCUT2D eigenvalue weighted by Gasteiger charge is -2.11. The van der Waals surface area contributed by atoms with Crippen LogP contribution in [-0.2, 0) is 14.8 Å². The van der Waals surface area contributed by atoms with E-state index in [1.165, 1.54) is 0 Å². The molecule has 0 spiro atoms. The first-order valence-electron chi connectivity index (χ1n) is 6.30. The van der Waals surface area contributed by atoms with Crippen molar-refractivity contribution >= 4 is 21.7 Å². The van der Waals surface area contributed by atoms with Crippen LogP contribution in [0.15, 0.2) is 23.1 Å². The number of rotatable bonds is 4. The Labute approximate surface area is 121 Å². The molecule has 2 N–H and O–H groups in total. The molecule has 0 aromatic heterocycles. The molecule has 0 bridgehead atoms. The number of benzene rings is 1. The largest absolute Gasteiger partial charge is 0.459 e. The maximum absolute atomic E-state index is 12.0. The van der Waals surface area contributed by atoms with Gasteiger partial charge >= 0.3 is 5.97 Å². The van der Waals surface area contributed by atoms with Gasteiger partial charge in [-0.15, -0.1) is 0 Å². The standard InChI is InChI=1S/C12H14N2O6S/c13-21(18,19)11-6-8(5-9(7-11)14(16)17)12(15)20-10-3-1-2-4-10/h5-7,10H,1-4H2,(H2,13,18,19). The SMILES string of the molecule is NS(=O)(=O)c1cc(C(=O)OC2CCCC2)cc([N+](=O)[O-])c1. The number of ether oxygens (including phenoxy) is 1. The van der Waals surface area contributed by atoms with Crippen molar-refractivity contribution in [3.8, 4) is 0 Å². The van der Waals surface area contributed by atoms with E-state index in [1.54, 1.807) is 0 Å². The maximum Gasteiger partial charge on any atom is 0.338 e. The summed E-state index contributed by atoms with van der Waals surface area (Å²) in [6, 6.07) is 2.77. The summed E-state index contributed by atoms with van der Waals surface area (Å²) in [7, 11) is -4.15. The molecule has 1 aliphatic rings. The fourth-order valence-electron chi connectivity index (χ4n) is 2.20. The predicted octanol–water partition coefficient (Wildman–Crippen LogP) is 1.34. The van der Waals surface area contributed by atoms with Crippen molar-refractivity contribution in [2.75, 3.05) is 0 Å². The van der Waals surface area contributed by atoms with E-state index in [1.807, 2.05) is 0 Å². The quantitative estimate of drug-likeness (QED) is 0.507. The van der Waals surface area contributed by atoms with Crippen LogP contribution in [0.4, 0.5) is 5.69 Å². The van der Waals surface area contributed by atoms with Gasteiger partial charge < -0.3 is 4.74 Å². The van der Waals surface area contributed by atoms with Crippen molar-refractivity contribution in [3.05, 3.63) is 33.9 Å². The van der Waals surface area contributed by atoms with Crippen LogP contribution in [0.2, 0.25) is 0 Å². The molecule has 21 heavy (non-hydrogen) atoms. The van der Waals surface area contributed by atoms with Gasteiger partial charge in [-0.2, -0.15) is 0 Å². The topological polar surface area (TPSA) is 130 Å². The summed E-state index contributed by atoms with van der Waals surface area (Å²) in [5.41, 5.74) is -0.722. The number of nitrogens with two attached hydrogens (primary N) is 1. The first-order valence-corrected chi connectivity index (χ1v) is 7.85. The molecule has 0 amide bonds. The Hall–Kier alpha value is -2.00. The molecule has 9 heteroatoms. The average Bonchev–Trinajstić information content (AvgIpc) is 2.90. The zero-order valence-electron chi connectivity index (χ0n) is 11.0. The molecular weight excluding hydrogens is 300 g/mol. The smallest absolute Gasteiger partial charge is 0.338 e. The Kier molecular flexibility index (Phi) is 4.24. The normalized spacial score (nSPS) is 15.9. The second-order valence-electron chi connectivity index (χ2n) is 4.83. The second-order valence-corrected chi connectivity index (χ2v) is 6.39. The Morgan fingerprint density at radius 1 is 1.29 bits per heavy atom. The number of hydrogen-bond donors (Lipinski definition) is 1. The summed E-state index contributed by atoms with van der Waals surface area (Å²) >= 11 is 0. The summed E-state index contributed by atoms with van der Waals surface area (Å²) in [5.74, 6) is -0.782. The molecule has 0 saturated heterocycles. The monoisotopic (exact) mass is 314 g/mol. The van der Waals surface area contributed by atoms with Crippen LogP contribution in [0.5, 0.6) is 0 Å². The molecule has 0 heterocycles. The number of carbonyl (C=O) groups is 1. The molecule has 1 fully saturated rings. The van der Waals surface area contributed by atoms with E-state index >= 15 is 0 Å². The van der Waals surface area contributed by atoms with E-state index in [4.69, 9.17) is 9.88 Å². The number of primary sulfonamides is 1. The third kappa shape index (κ3) is 3.76. The van der Waals surface area contributed by atoms with Gasteiger partial charge in [0.25, 0.3) is 5.69 Å². The highest BCUT2D eigenvalue weighted by molar-refractivity contribution is 7.89. The molecule has 1 saturated carbocycles. The van der Waals surface area contributed by atoms with Crippen molar-refractivity contribution in [1.29, 1.82) is 0 Å². The second kappa shape index (κ2) is 5.78. The molecular formula is C12H14N2O6S. The minimum Gasteiger partial charge on any atom is -0.459 e. The lowest BCUT2D eigenvalue weighted by atomic mass is 10.2. The number of nitro benzene ring substituents is 1. The van der Waals surface area contributed by atoms with E-state index in [9.17, 15) is 23.3 Å². The lowest BCUT2D eigenvalue weighted by Crippen LogP contribution is -2.17. The number of carbonyl (C=O) groups excluding carboxylic acids is 1. The van der Waals surface area contributed by atoms with Crippen molar-refractivity contribution in [2.24, 2.45) is 5.14 Å². The van der Waals surface area contributed by atoms with E-state index < -0.39 is 31.5 Å². The van der Waals surface area contributed by atoms with E-state index in [0.29, 0.717) is 0 Å². The van der Waals surface area contributed by atoms with Gasteiger partial charge in [-0.25, -0.2) is 18.4 Å². The zero-order chi connectivity index (χ0) is 15.6. The summed E-state index contributed by atoms with van der Waals surface area (Å²) in [4.78, 5) is 21.5. The fraction of sp³-hybridized carbons (Fsp3) is 0.417. The number of nitro groups is 1. The minimum absolute atomic E-state index is 0.194. The third-order valence-electron chi connectivity index (χ3n) is 3.24. The molecule has 1 aliphatic carbocycles. The molecule has 0 atom stereocenters. The highest BCUT2D eigenvalue weighted by atomic mass is 32.2. The maximum atomic E-state index is 12.0. The van der Waals surface area contributed by atoms with Crippen LogP contribution in [0, 0.1) is 10.1 Å². The first-order chi connectivity index (χ1) is 9.77. The summed E-state index contributed by atoms with van der Waals surface area (Å²) in [6.45, 7) is 0. The molecule has 1 aromatic rings. The highest BCUT2D eigenvalue weighted by Crippen LogP contribution is 2.24. The predicted molar refractivity (Wildman–Crippen MR) is 72.1 cm³/mol. The lowest BCUT2D eigenvalue weighted by molar-refractivity contribution is -0.385. The van der Waals surface area contributed by atoms with E-state index in [0.717, 1.165) is 43.9 Å². The van der Waals surface area contributed by atoms with Gasteiger partial charge in [-0.3, -0.25) is 10.1 Å². The molecule has 0 radical (unpaired) electrons. The van der Waals surface area contributed by atoms with Gasteiger partial charge in [0.1, 0.15) is 6.10 Å². The van der Waals surface area contributed by atoms with Crippen molar-refractivity contribution in [1.82, 2.24) is 0 Å². The Bertz CT molecular complexity index is 679. The van der Waals surface area contributed by atoms with Crippen LogP contribution in [0.25, 0.3) is 0 Å². The first kappa shape index (κ1) is 15.4. The van der Waals surface area contributed by atoms with Crippen molar-refractivity contribution < 1.29 is 22.9 Å². The van der Waals surface area contributed by atoms with Crippen LogP contribution in [0.3, 0.4) is 0 Å². The Balaban J connectivity index is 2.35. The van der Waals surface area contributed by atoms with Gasteiger partial charge in [-0.05, 0) is 31.7 Å². The van der Waals surface area contributed by atoms with E-state index in [-0.39, 0.29) is 11.7 Å². The molecule has 0 unspecified atom stereocenters. The highest BCUT2D eigenvalue weighted by Gasteiger charge is 2.24. The number of nitrogens with zero attached hydrogens (tertiary/aromatic N) is 1. The van der Waals surface area contributed by atoms with E-state index in [2.05, 4.69) is 0 Å². The van der Waals surface area contributed by atoms with Crippen molar-refractivity contribution in [3.63, 3.8) is 0 Å². The number of sulfonamides is 1. The fourth-order valence-corrected chi connectivity index (χ4v) is 2.77. The van der Waals surface area contributed by atoms with Crippen LogP contribution >= 0.6 is 0 Å². The molecule has 1 aromatic carbocycles. The van der Waals surface area contributed by atoms with Gasteiger partial charge in [0.15, 0.2) is 0 Å². The summed E-state index contributed by atoms with van der Waals surface area (Å²) < 4.78 is 27.9.